The minimum Gasteiger partial charge on any atom is -0.484 e. The van der Waals surface area contributed by atoms with Crippen molar-refractivity contribution < 1.29 is 14.3 Å². The number of thiazole rings is 1. The fraction of sp³-hybridized carbons (Fsp3) is 0.421. The molecular formula is C19H24ClN3O3S. The van der Waals surface area contributed by atoms with Crippen LogP contribution in [0.4, 0.5) is 5.13 Å². The van der Waals surface area contributed by atoms with E-state index in [4.69, 9.17) is 16.3 Å². The Morgan fingerprint density at radius 2 is 1.85 bits per heavy atom. The van der Waals surface area contributed by atoms with Gasteiger partial charge in [-0.1, -0.05) is 11.6 Å². The second-order valence-corrected chi connectivity index (χ2v) is 8.74. The van der Waals surface area contributed by atoms with Crippen LogP contribution in [0, 0.1) is 13.8 Å². The van der Waals surface area contributed by atoms with E-state index in [1.54, 1.807) is 24.3 Å². The van der Waals surface area contributed by atoms with Gasteiger partial charge in [0.05, 0.1) is 5.69 Å². The number of aromatic nitrogens is 1. The molecule has 1 N–H and O–H groups in total. The zero-order chi connectivity index (χ0) is 20.2. The first-order valence-electron chi connectivity index (χ1n) is 8.49. The Hall–Kier alpha value is -2.12. The molecule has 1 aromatic carbocycles. The van der Waals surface area contributed by atoms with Gasteiger partial charge >= 0.3 is 0 Å². The molecule has 0 radical (unpaired) electrons. The van der Waals surface area contributed by atoms with Crippen molar-refractivity contribution in [2.45, 2.75) is 40.2 Å². The number of rotatable bonds is 6. The van der Waals surface area contributed by atoms with Crippen LogP contribution < -0.4 is 10.1 Å². The van der Waals surface area contributed by atoms with Crippen molar-refractivity contribution in [1.29, 1.82) is 0 Å². The van der Waals surface area contributed by atoms with E-state index in [0.717, 1.165) is 10.6 Å². The number of aryl methyl sites for hydroxylation is 2. The van der Waals surface area contributed by atoms with E-state index >= 15 is 0 Å². The van der Waals surface area contributed by atoms with Gasteiger partial charge in [0.25, 0.3) is 5.91 Å². The predicted octanol–water partition coefficient (Wildman–Crippen LogP) is 4.06. The third-order valence-electron chi connectivity index (χ3n) is 3.86. The van der Waals surface area contributed by atoms with Crippen LogP contribution in [0.1, 0.15) is 31.3 Å². The van der Waals surface area contributed by atoms with Gasteiger partial charge in [-0.3, -0.25) is 9.59 Å². The normalized spacial score (nSPS) is 11.2. The average molecular weight is 410 g/mol. The van der Waals surface area contributed by atoms with Crippen LogP contribution in [-0.2, 0) is 9.59 Å². The molecule has 6 nitrogen and oxygen atoms in total. The lowest BCUT2D eigenvalue weighted by molar-refractivity contribution is -0.141. The summed E-state index contributed by atoms with van der Waals surface area (Å²) in [5.74, 6) is -0.0302. The molecule has 0 saturated heterocycles. The molecule has 0 atom stereocenters. The van der Waals surface area contributed by atoms with Gasteiger partial charge in [0.1, 0.15) is 12.3 Å². The van der Waals surface area contributed by atoms with E-state index < -0.39 is 5.54 Å². The monoisotopic (exact) mass is 409 g/mol. The smallest absolute Gasteiger partial charge is 0.261 e. The summed E-state index contributed by atoms with van der Waals surface area (Å²) in [6, 6.07) is 6.76. The lowest BCUT2D eigenvalue weighted by atomic mass is 10.1. The highest BCUT2D eigenvalue weighted by atomic mass is 35.5. The zero-order valence-electron chi connectivity index (χ0n) is 16.1. The Bertz CT molecular complexity index is 793. The molecule has 2 aromatic rings. The van der Waals surface area contributed by atoms with Crippen molar-refractivity contribution in [1.82, 2.24) is 9.88 Å². The quantitative estimate of drug-likeness (QED) is 0.780. The van der Waals surface area contributed by atoms with Crippen molar-refractivity contribution in [3.8, 4) is 5.75 Å². The molecule has 8 heteroatoms. The fourth-order valence-electron chi connectivity index (χ4n) is 2.28. The second kappa shape index (κ2) is 8.71. The van der Waals surface area contributed by atoms with Crippen LogP contribution in [0.15, 0.2) is 24.3 Å². The van der Waals surface area contributed by atoms with E-state index in [2.05, 4.69) is 10.3 Å². The predicted molar refractivity (Wildman–Crippen MR) is 109 cm³/mol. The molecule has 0 spiro atoms. The van der Waals surface area contributed by atoms with Crippen molar-refractivity contribution in [2.75, 3.05) is 18.5 Å². The molecule has 146 valence electrons. The number of amides is 2. The van der Waals surface area contributed by atoms with E-state index in [-0.39, 0.29) is 25.0 Å². The molecule has 1 heterocycles. The highest BCUT2D eigenvalue weighted by Gasteiger charge is 2.29. The maximum absolute atomic E-state index is 12.7. The Labute approximate surface area is 168 Å². The molecule has 27 heavy (non-hydrogen) atoms. The number of hydrogen-bond acceptors (Lipinski definition) is 5. The highest BCUT2D eigenvalue weighted by Crippen LogP contribution is 2.22. The number of nitrogens with zero attached hydrogens (tertiary/aromatic N) is 2. The standard InChI is InChI=1S/C19H24ClN3O3S/c1-12-13(2)27-18(21-12)22-16(24)10-23(19(3,4)5)17(25)11-26-15-8-6-14(20)7-9-15/h6-9H,10-11H2,1-5H3,(H,21,22,24). The van der Waals surface area contributed by atoms with Crippen molar-refractivity contribution >= 4 is 39.9 Å². The van der Waals surface area contributed by atoms with Gasteiger partial charge in [0.15, 0.2) is 11.7 Å². The van der Waals surface area contributed by atoms with Gasteiger partial charge < -0.3 is 15.0 Å². The second-order valence-electron chi connectivity index (χ2n) is 7.10. The molecular weight excluding hydrogens is 386 g/mol. The summed E-state index contributed by atoms with van der Waals surface area (Å²) < 4.78 is 5.53. The molecule has 0 bridgehead atoms. The summed E-state index contributed by atoms with van der Waals surface area (Å²) in [6.07, 6.45) is 0. The van der Waals surface area contributed by atoms with E-state index in [1.807, 2.05) is 34.6 Å². The fourth-order valence-corrected chi connectivity index (χ4v) is 3.24. The van der Waals surface area contributed by atoms with E-state index in [1.165, 1.54) is 16.2 Å². The Morgan fingerprint density at radius 3 is 2.37 bits per heavy atom. The molecule has 0 unspecified atom stereocenters. The van der Waals surface area contributed by atoms with E-state index in [9.17, 15) is 9.59 Å². The van der Waals surface area contributed by atoms with Crippen LogP contribution in [0.25, 0.3) is 0 Å². The minimum absolute atomic E-state index is 0.0794. The molecule has 0 aliphatic carbocycles. The maximum Gasteiger partial charge on any atom is 0.261 e. The van der Waals surface area contributed by atoms with E-state index in [0.29, 0.717) is 15.9 Å². The first kappa shape index (κ1) is 21.2. The topological polar surface area (TPSA) is 71.5 Å². The van der Waals surface area contributed by atoms with Crippen molar-refractivity contribution in [3.63, 3.8) is 0 Å². The first-order chi connectivity index (χ1) is 12.6. The van der Waals surface area contributed by atoms with Gasteiger partial charge in [-0.2, -0.15) is 0 Å². The lowest BCUT2D eigenvalue weighted by Crippen LogP contribution is -2.51. The average Bonchev–Trinajstić information content (AvgIpc) is 2.88. The molecule has 2 amide bonds. The number of nitrogens with one attached hydrogen (secondary N) is 1. The zero-order valence-corrected chi connectivity index (χ0v) is 17.7. The molecule has 1 aromatic heterocycles. The van der Waals surface area contributed by atoms with Crippen LogP contribution in [-0.4, -0.2) is 40.4 Å². The molecule has 0 aliphatic heterocycles. The van der Waals surface area contributed by atoms with Gasteiger partial charge in [-0.15, -0.1) is 11.3 Å². The van der Waals surface area contributed by atoms with Crippen LogP contribution in [0.2, 0.25) is 5.02 Å². The summed E-state index contributed by atoms with van der Waals surface area (Å²) in [5.41, 5.74) is 0.349. The maximum atomic E-state index is 12.7. The number of halogens is 1. The van der Waals surface area contributed by atoms with Gasteiger partial charge in [0, 0.05) is 15.4 Å². The molecule has 0 fully saturated rings. The Morgan fingerprint density at radius 1 is 1.22 bits per heavy atom. The Kier molecular flexibility index (Phi) is 6.84. The lowest BCUT2D eigenvalue weighted by Gasteiger charge is -2.35. The van der Waals surface area contributed by atoms with Gasteiger partial charge in [-0.05, 0) is 58.9 Å². The number of ether oxygens (including phenoxy) is 1. The van der Waals surface area contributed by atoms with Crippen molar-refractivity contribution in [3.05, 3.63) is 39.9 Å². The number of anilines is 1. The Balaban J connectivity index is 1.99. The van der Waals surface area contributed by atoms with Crippen LogP contribution in [0.5, 0.6) is 5.75 Å². The number of carbonyl (C=O) groups excluding carboxylic acids is 2. The third kappa shape index (κ3) is 6.22. The molecule has 0 saturated carbocycles. The summed E-state index contributed by atoms with van der Waals surface area (Å²) in [6.45, 7) is 9.21. The largest absolute Gasteiger partial charge is 0.484 e. The minimum atomic E-state index is -0.535. The summed E-state index contributed by atoms with van der Waals surface area (Å²) in [7, 11) is 0. The number of carbonyl (C=O) groups is 2. The summed E-state index contributed by atoms with van der Waals surface area (Å²) in [4.78, 5) is 31.9. The molecule has 0 aliphatic rings. The van der Waals surface area contributed by atoms with Crippen LogP contribution >= 0.6 is 22.9 Å². The number of benzene rings is 1. The third-order valence-corrected chi connectivity index (χ3v) is 5.10. The summed E-state index contributed by atoms with van der Waals surface area (Å²) >= 11 is 7.25. The molecule has 2 rings (SSSR count). The van der Waals surface area contributed by atoms with Gasteiger partial charge in [-0.25, -0.2) is 4.98 Å². The van der Waals surface area contributed by atoms with Crippen LogP contribution in [0.3, 0.4) is 0 Å². The summed E-state index contributed by atoms with van der Waals surface area (Å²) in [5, 5.41) is 3.89. The number of hydrogen-bond donors (Lipinski definition) is 1. The van der Waals surface area contributed by atoms with Crippen molar-refractivity contribution in [2.24, 2.45) is 0 Å². The van der Waals surface area contributed by atoms with Gasteiger partial charge in [0.2, 0.25) is 5.91 Å². The SMILES string of the molecule is Cc1nc(NC(=O)CN(C(=O)COc2ccc(Cl)cc2)C(C)(C)C)sc1C. The highest BCUT2D eigenvalue weighted by molar-refractivity contribution is 7.15. The first-order valence-corrected chi connectivity index (χ1v) is 9.68.